The van der Waals surface area contributed by atoms with Gasteiger partial charge in [0.2, 0.25) is 0 Å². The minimum absolute atomic E-state index is 0.141. The Kier molecular flexibility index (Phi) is 5.03. The molecule has 192 valence electrons. The molecular weight excluding hydrogens is 501 g/mol. The van der Waals surface area contributed by atoms with E-state index in [0.29, 0.717) is 0 Å². The van der Waals surface area contributed by atoms with E-state index < -0.39 is 0 Å². The molecule has 3 heteroatoms. The highest BCUT2D eigenvalue weighted by Gasteiger charge is 2.44. The van der Waals surface area contributed by atoms with E-state index in [2.05, 4.69) is 142 Å². The van der Waals surface area contributed by atoms with Gasteiger partial charge < -0.3 is 4.90 Å². The Morgan fingerprint density at radius 1 is 0.700 bits per heavy atom. The Balaban J connectivity index is 1.40. The molecule has 0 saturated heterocycles. The highest BCUT2D eigenvalue weighted by atomic mass is 32.1. The molecule has 8 rings (SSSR count). The maximum atomic E-state index is 2.50. The Labute approximate surface area is 240 Å². The van der Waals surface area contributed by atoms with Gasteiger partial charge in [0.25, 0.3) is 6.71 Å². The summed E-state index contributed by atoms with van der Waals surface area (Å²) in [5.74, 6) is 0. The Hall–Kier alpha value is -4.08. The lowest BCUT2D eigenvalue weighted by atomic mass is 9.39. The van der Waals surface area contributed by atoms with Crippen molar-refractivity contribution in [1.82, 2.24) is 0 Å². The summed E-state index contributed by atoms with van der Waals surface area (Å²) in [6, 6.07) is 40.9. The van der Waals surface area contributed by atoms with Crippen molar-refractivity contribution < 1.29 is 0 Å². The van der Waals surface area contributed by atoms with E-state index in [0.717, 1.165) is 0 Å². The number of fused-ring (bicyclic) bond motifs is 7. The van der Waals surface area contributed by atoms with Gasteiger partial charge in [0.1, 0.15) is 0 Å². The zero-order chi connectivity index (χ0) is 27.2. The van der Waals surface area contributed by atoms with Gasteiger partial charge in [-0.25, -0.2) is 0 Å². The van der Waals surface area contributed by atoms with E-state index in [1.165, 1.54) is 76.2 Å². The van der Waals surface area contributed by atoms with Crippen LogP contribution in [0.25, 0.3) is 32.3 Å². The first-order valence-corrected chi connectivity index (χ1v) is 15.0. The summed E-state index contributed by atoms with van der Waals surface area (Å²) in [6.45, 7) is 9.32. The van der Waals surface area contributed by atoms with Gasteiger partial charge >= 0.3 is 0 Å². The van der Waals surface area contributed by atoms with E-state index >= 15 is 0 Å². The number of anilines is 3. The fraction of sp³-hybridized carbons (Fsp3) is 0.135. The lowest BCUT2D eigenvalue weighted by molar-refractivity contribution is 0.590. The first-order valence-electron chi connectivity index (χ1n) is 14.1. The minimum Gasteiger partial charge on any atom is -0.311 e. The molecule has 2 aliphatic rings. The largest absolute Gasteiger partial charge is 0.311 e. The fourth-order valence-electron chi connectivity index (χ4n) is 6.76. The van der Waals surface area contributed by atoms with Gasteiger partial charge in [0.05, 0.1) is 0 Å². The van der Waals surface area contributed by atoms with Crippen molar-refractivity contribution in [3.63, 3.8) is 0 Å². The summed E-state index contributed by atoms with van der Waals surface area (Å²) < 4.78 is 2.86. The van der Waals surface area contributed by atoms with Gasteiger partial charge in [-0.05, 0) is 97.1 Å². The molecule has 0 fully saturated rings. The molecule has 0 spiro atoms. The van der Waals surface area contributed by atoms with Gasteiger partial charge in [0.15, 0.2) is 0 Å². The fourth-order valence-corrected chi connectivity index (χ4v) is 8.10. The van der Waals surface area contributed by atoms with Crippen LogP contribution >= 0.6 is 11.3 Å². The molecule has 0 N–H and O–H groups in total. The molecular formula is C37H30BNS. The molecule has 5 aromatic carbocycles. The second kappa shape index (κ2) is 8.46. The SMILES string of the molecule is Cc1cc2c3c(c1)N(c1ccccc1)c1cc(-c4ccc(C(C)(C)C)cc4)ccc1B3c1sc3ccccc3c1-2. The van der Waals surface area contributed by atoms with Gasteiger partial charge in [-0.3, -0.25) is 0 Å². The summed E-state index contributed by atoms with van der Waals surface area (Å²) in [4.78, 5) is 2.50. The number of hydrogen-bond acceptors (Lipinski definition) is 2. The molecule has 0 atom stereocenters. The number of benzene rings is 5. The maximum Gasteiger partial charge on any atom is 0.260 e. The van der Waals surface area contributed by atoms with Crippen LogP contribution in [0.5, 0.6) is 0 Å². The molecule has 1 nitrogen and oxygen atoms in total. The van der Waals surface area contributed by atoms with E-state index in [9.17, 15) is 0 Å². The smallest absolute Gasteiger partial charge is 0.260 e. The third-order valence-corrected chi connectivity index (χ3v) is 9.90. The summed E-state index contributed by atoms with van der Waals surface area (Å²) in [5, 5.41) is 1.38. The number of hydrogen-bond donors (Lipinski definition) is 0. The van der Waals surface area contributed by atoms with Gasteiger partial charge in [-0.2, -0.15) is 0 Å². The van der Waals surface area contributed by atoms with Crippen LogP contribution in [0, 0.1) is 6.92 Å². The monoisotopic (exact) mass is 531 g/mol. The van der Waals surface area contributed by atoms with Crippen molar-refractivity contribution in [2.45, 2.75) is 33.1 Å². The second-order valence-electron chi connectivity index (χ2n) is 12.3. The van der Waals surface area contributed by atoms with E-state index in [1.54, 1.807) is 0 Å². The van der Waals surface area contributed by atoms with E-state index in [4.69, 9.17) is 0 Å². The molecule has 40 heavy (non-hydrogen) atoms. The summed E-state index contributed by atoms with van der Waals surface area (Å²) in [7, 11) is 0. The first-order chi connectivity index (χ1) is 19.4. The molecule has 0 aliphatic carbocycles. The molecule has 0 unspecified atom stereocenters. The highest BCUT2D eigenvalue weighted by Crippen LogP contribution is 2.45. The van der Waals surface area contributed by atoms with Crippen molar-refractivity contribution in [2.75, 3.05) is 4.90 Å². The van der Waals surface area contributed by atoms with E-state index in [-0.39, 0.29) is 12.1 Å². The predicted molar refractivity (Wildman–Crippen MR) is 175 cm³/mol. The number of para-hydroxylation sites is 1. The summed E-state index contributed by atoms with van der Waals surface area (Å²) in [6.07, 6.45) is 0. The molecule has 2 aliphatic heterocycles. The van der Waals surface area contributed by atoms with Crippen molar-refractivity contribution in [2.24, 2.45) is 0 Å². The Morgan fingerprint density at radius 3 is 2.20 bits per heavy atom. The van der Waals surface area contributed by atoms with Crippen LogP contribution in [-0.2, 0) is 5.41 Å². The molecule has 0 bridgehead atoms. The van der Waals surface area contributed by atoms with Crippen molar-refractivity contribution in [3.8, 4) is 22.3 Å². The predicted octanol–water partition coefficient (Wildman–Crippen LogP) is 8.45. The van der Waals surface area contributed by atoms with Crippen LogP contribution in [0.15, 0.2) is 109 Å². The lowest BCUT2D eigenvalue weighted by Gasteiger charge is -2.36. The zero-order valence-electron chi connectivity index (χ0n) is 23.3. The van der Waals surface area contributed by atoms with Crippen LogP contribution in [0.1, 0.15) is 31.9 Å². The second-order valence-corrected chi connectivity index (χ2v) is 13.4. The lowest BCUT2D eigenvalue weighted by Crippen LogP contribution is -2.54. The zero-order valence-corrected chi connectivity index (χ0v) is 24.1. The summed E-state index contributed by atoms with van der Waals surface area (Å²) in [5.41, 5.74) is 14.8. The third kappa shape index (κ3) is 3.41. The highest BCUT2D eigenvalue weighted by molar-refractivity contribution is 7.34. The minimum atomic E-state index is 0.141. The van der Waals surface area contributed by atoms with Crippen LogP contribution < -0.4 is 20.6 Å². The van der Waals surface area contributed by atoms with Crippen molar-refractivity contribution >= 4 is 60.9 Å². The van der Waals surface area contributed by atoms with E-state index in [1.807, 2.05) is 11.3 Å². The molecule has 0 radical (unpaired) electrons. The molecule has 1 aromatic heterocycles. The molecule has 0 saturated carbocycles. The average Bonchev–Trinajstić information content (AvgIpc) is 3.49. The Morgan fingerprint density at radius 2 is 1.43 bits per heavy atom. The molecule has 0 amide bonds. The quantitative estimate of drug-likeness (QED) is 0.202. The molecule has 3 heterocycles. The number of rotatable bonds is 2. The van der Waals surface area contributed by atoms with Gasteiger partial charge in [0, 0.05) is 21.8 Å². The van der Waals surface area contributed by atoms with Crippen molar-refractivity contribution in [3.05, 3.63) is 120 Å². The topological polar surface area (TPSA) is 3.24 Å². The third-order valence-electron chi connectivity index (χ3n) is 8.67. The number of nitrogens with zero attached hydrogens (tertiary/aromatic N) is 1. The van der Waals surface area contributed by atoms with Crippen LogP contribution in [0.3, 0.4) is 0 Å². The molecule has 6 aromatic rings. The van der Waals surface area contributed by atoms with Gasteiger partial charge in [-0.1, -0.05) is 99.6 Å². The van der Waals surface area contributed by atoms with Crippen LogP contribution in [-0.4, -0.2) is 6.71 Å². The van der Waals surface area contributed by atoms with Crippen LogP contribution in [0.2, 0.25) is 0 Å². The van der Waals surface area contributed by atoms with Crippen molar-refractivity contribution in [1.29, 1.82) is 0 Å². The standard InChI is InChI=1S/C37H30BNS/c1-23-20-29-34-28-12-8-9-13-33(28)40-36(34)38-30-19-16-25(24-14-17-26(18-15-24)37(2,3)4)22-31(30)39(32(21-23)35(29)38)27-10-6-5-7-11-27/h5-22H,1-4H3. The maximum absolute atomic E-state index is 2.50. The first kappa shape index (κ1) is 23.8. The number of aryl methyl sites for hydroxylation is 1. The van der Waals surface area contributed by atoms with Gasteiger partial charge in [-0.15, -0.1) is 11.3 Å². The normalized spacial score (nSPS) is 13.4. The van der Waals surface area contributed by atoms with Crippen LogP contribution in [0.4, 0.5) is 17.1 Å². The summed E-state index contributed by atoms with van der Waals surface area (Å²) >= 11 is 1.97. The average molecular weight is 532 g/mol. The number of thiophene rings is 1. The Bertz CT molecular complexity index is 1940.